The highest BCUT2D eigenvalue weighted by Crippen LogP contribution is 2.19. The fourth-order valence-corrected chi connectivity index (χ4v) is 2.73. The highest BCUT2D eigenvalue weighted by atomic mass is 32.2. The van der Waals surface area contributed by atoms with Crippen molar-refractivity contribution in [3.05, 3.63) is 42.6 Å². The number of aromatic nitrogens is 1. The topological polar surface area (TPSA) is 108 Å². The normalized spacial score (nSPS) is 11.3. The molecular weight excluding hydrogens is 310 g/mol. The van der Waals surface area contributed by atoms with Crippen LogP contribution in [0.15, 0.2) is 52.4 Å². The van der Waals surface area contributed by atoms with Crippen molar-refractivity contribution in [1.29, 1.82) is 0 Å². The predicted molar refractivity (Wildman–Crippen MR) is 82.7 cm³/mol. The number of anilines is 1. The first kappa shape index (κ1) is 15.6. The Labute approximate surface area is 127 Å². The van der Waals surface area contributed by atoms with Gasteiger partial charge in [0.1, 0.15) is 11.6 Å². The summed E-state index contributed by atoms with van der Waals surface area (Å²) in [7, 11) is -3.66. The maximum atomic E-state index is 11.1. The Bertz CT molecular complexity index is 686. The Balaban J connectivity index is 1.80. The highest BCUT2D eigenvalue weighted by molar-refractivity contribution is 7.99. The van der Waals surface area contributed by atoms with Crippen LogP contribution in [0.5, 0.6) is 5.75 Å². The highest BCUT2D eigenvalue weighted by Gasteiger charge is 2.06. The monoisotopic (exact) mass is 325 g/mol. The van der Waals surface area contributed by atoms with Gasteiger partial charge >= 0.3 is 0 Å². The van der Waals surface area contributed by atoms with Gasteiger partial charge in [-0.25, -0.2) is 18.5 Å². The molecule has 1 aromatic carbocycles. The molecule has 4 N–H and O–H groups in total. The maximum absolute atomic E-state index is 11.1. The number of hydrogen-bond acceptors (Lipinski definition) is 6. The second kappa shape index (κ2) is 6.79. The lowest BCUT2D eigenvalue weighted by atomic mass is 10.3. The third-order valence-corrected chi connectivity index (χ3v) is 4.41. The average Bonchev–Trinajstić information content (AvgIpc) is 2.45. The molecule has 2 rings (SSSR count). The summed E-state index contributed by atoms with van der Waals surface area (Å²) in [5, 5.41) is 5.02. The largest absolute Gasteiger partial charge is 0.493 e. The van der Waals surface area contributed by atoms with Gasteiger partial charge in [0.2, 0.25) is 10.0 Å². The Morgan fingerprint density at radius 2 is 1.86 bits per heavy atom. The van der Waals surface area contributed by atoms with E-state index in [4.69, 9.17) is 15.6 Å². The van der Waals surface area contributed by atoms with Crippen molar-refractivity contribution < 1.29 is 13.2 Å². The van der Waals surface area contributed by atoms with Gasteiger partial charge in [-0.05, 0) is 36.4 Å². The number of thioether (sulfide) groups is 1. The summed E-state index contributed by atoms with van der Waals surface area (Å²) >= 11 is 1.60. The molecule has 1 heterocycles. The number of nitrogen functional groups attached to an aromatic ring is 1. The summed E-state index contributed by atoms with van der Waals surface area (Å²) < 4.78 is 27.7. The first-order valence-corrected chi connectivity index (χ1v) is 8.58. The van der Waals surface area contributed by atoms with E-state index in [0.717, 1.165) is 10.6 Å². The Morgan fingerprint density at radius 1 is 1.14 bits per heavy atom. The number of nitrogens with two attached hydrogens (primary N) is 2. The minimum atomic E-state index is -3.66. The van der Waals surface area contributed by atoms with E-state index in [1.165, 1.54) is 12.1 Å². The summed E-state index contributed by atoms with van der Waals surface area (Å²) in [5.41, 5.74) is 5.50. The van der Waals surface area contributed by atoms with Gasteiger partial charge in [-0.1, -0.05) is 0 Å². The van der Waals surface area contributed by atoms with Crippen LogP contribution in [0, 0.1) is 0 Å². The van der Waals surface area contributed by atoms with Gasteiger partial charge in [-0.15, -0.1) is 11.8 Å². The van der Waals surface area contributed by atoms with E-state index in [2.05, 4.69) is 4.98 Å². The van der Waals surface area contributed by atoms with E-state index in [1.807, 2.05) is 6.07 Å². The number of hydrogen-bond donors (Lipinski definition) is 2. The smallest absolute Gasteiger partial charge is 0.238 e. The molecule has 0 amide bonds. The lowest BCUT2D eigenvalue weighted by Crippen LogP contribution is -2.11. The molecule has 0 aliphatic carbocycles. The molecule has 0 aliphatic rings. The van der Waals surface area contributed by atoms with Crippen LogP contribution in [0.4, 0.5) is 5.82 Å². The standard InChI is InChI=1S/C13H15N3O3S2/c14-13-6-3-11(9-16-13)20-8-7-19-10-1-4-12(5-2-10)21(15,17)18/h1-6,9H,7-8H2,(H2,14,16)(H2,15,17,18). The van der Waals surface area contributed by atoms with Crippen LogP contribution in [0.1, 0.15) is 0 Å². The molecule has 0 saturated carbocycles. The number of primary sulfonamides is 1. The fourth-order valence-electron chi connectivity index (χ4n) is 1.52. The first-order chi connectivity index (χ1) is 9.95. The van der Waals surface area contributed by atoms with Gasteiger partial charge in [0.05, 0.1) is 11.5 Å². The van der Waals surface area contributed by atoms with Crippen LogP contribution < -0.4 is 15.6 Å². The summed E-state index contributed by atoms with van der Waals surface area (Å²) in [6, 6.07) is 9.64. The molecule has 6 nitrogen and oxygen atoms in total. The number of pyridine rings is 1. The predicted octanol–water partition coefficient (Wildman–Crippen LogP) is 1.48. The van der Waals surface area contributed by atoms with Gasteiger partial charge in [0.25, 0.3) is 0 Å². The molecule has 0 bridgehead atoms. The summed E-state index contributed by atoms with van der Waals surface area (Å²) in [5.74, 6) is 1.83. The zero-order chi connectivity index (χ0) is 15.3. The molecule has 0 aliphatic heterocycles. The quantitative estimate of drug-likeness (QED) is 0.615. The Morgan fingerprint density at radius 3 is 2.43 bits per heavy atom. The maximum Gasteiger partial charge on any atom is 0.238 e. The number of benzene rings is 1. The molecule has 1 aromatic heterocycles. The Hall–Kier alpha value is -1.77. The van der Waals surface area contributed by atoms with E-state index in [-0.39, 0.29) is 4.90 Å². The number of ether oxygens (including phenoxy) is 1. The van der Waals surface area contributed by atoms with Crippen LogP contribution in [-0.4, -0.2) is 25.8 Å². The van der Waals surface area contributed by atoms with Crippen molar-refractivity contribution in [2.24, 2.45) is 5.14 Å². The zero-order valence-corrected chi connectivity index (χ0v) is 12.7. The molecule has 0 fully saturated rings. The van der Waals surface area contributed by atoms with Crippen molar-refractivity contribution in [1.82, 2.24) is 4.98 Å². The Kier molecular flexibility index (Phi) is 5.05. The van der Waals surface area contributed by atoms with Crippen LogP contribution >= 0.6 is 11.8 Å². The third-order valence-electron chi connectivity index (χ3n) is 2.53. The molecular formula is C13H15N3O3S2. The lowest BCUT2D eigenvalue weighted by Gasteiger charge is -2.06. The van der Waals surface area contributed by atoms with Gasteiger partial charge in [-0.2, -0.15) is 0 Å². The van der Waals surface area contributed by atoms with E-state index in [1.54, 1.807) is 36.2 Å². The van der Waals surface area contributed by atoms with Gasteiger partial charge in [0.15, 0.2) is 0 Å². The SMILES string of the molecule is Nc1ccc(SCCOc2ccc(S(N)(=O)=O)cc2)cn1. The van der Waals surface area contributed by atoms with Crippen molar-refractivity contribution in [2.45, 2.75) is 9.79 Å². The molecule has 0 atom stereocenters. The van der Waals surface area contributed by atoms with Crippen molar-refractivity contribution in [3.63, 3.8) is 0 Å². The van der Waals surface area contributed by atoms with E-state index < -0.39 is 10.0 Å². The second-order valence-electron chi connectivity index (χ2n) is 4.13. The van der Waals surface area contributed by atoms with Gasteiger partial charge < -0.3 is 10.5 Å². The van der Waals surface area contributed by atoms with E-state index >= 15 is 0 Å². The third kappa shape index (κ3) is 4.92. The molecule has 21 heavy (non-hydrogen) atoms. The van der Waals surface area contributed by atoms with Gasteiger partial charge in [-0.3, -0.25) is 0 Å². The van der Waals surface area contributed by atoms with Crippen LogP contribution in [0.2, 0.25) is 0 Å². The molecule has 0 radical (unpaired) electrons. The first-order valence-electron chi connectivity index (χ1n) is 6.05. The van der Waals surface area contributed by atoms with Crippen LogP contribution in [-0.2, 0) is 10.0 Å². The van der Waals surface area contributed by atoms with E-state index in [0.29, 0.717) is 18.2 Å². The van der Waals surface area contributed by atoms with Crippen molar-refractivity contribution in [2.75, 3.05) is 18.1 Å². The molecule has 2 aromatic rings. The molecule has 0 unspecified atom stereocenters. The van der Waals surface area contributed by atoms with Crippen molar-refractivity contribution in [3.8, 4) is 5.75 Å². The molecule has 8 heteroatoms. The fraction of sp³-hybridized carbons (Fsp3) is 0.154. The molecule has 0 spiro atoms. The molecule has 112 valence electrons. The number of sulfonamides is 1. The number of rotatable bonds is 6. The summed E-state index contributed by atoms with van der Waals surface area (Å²) in [6.07, 6.45) is 1.71. The lowest BCUT2D eigenvalue weighted by molar-refractivity contribution is 0.343. The second-order valence-corrected chi connectivity index (χ2v) is 6.86. The van der Waals surface area contributed by atoms with E-state index in [9.17, 15) is 8.42 Å². The summed E-state index contributed by atoms with van der Waals surface area (Å²) in [6.45, 7) is 0.490. The zero-order valence-electron chi connectivity index (χ0n) is 11.1. The van der Waals surface area contributed by atoms with Crippen LogP contribution in [0.3, 0.4) is 0 Å². The van der Waals surface area contributed by atoms with Gasteiger partial charge in [0, 0.05) is 16.8 Å². The minimum absolute atomic E-state index is 0.0668. The summed E-state index contributed by atoms with van der Waals surface area (Å²) in [4.78, 5) is 5.07. The van der Waals surface area contributed by atoms with Crippen molar-refractivity contribution >= 4 is 27.6 Å². The average molecular weight is 325 g/mol. The van der Waals surface area contributed by atoms with Crippen LogP contribution in [0.25, 0.3) is 0 Å². The molecule has 0 saturated heterocycles. The number of nitrogens with zero attached hydrogens (tertiary/aromatic N) is 1. The minimum Gasteiger partial charge on any atom is -0.493 e.